The number of hydrogen-bond donors (Lipinski definition) is 0. The average Bonchev–Trinajstić information content (AvgIpc) is 3.44. The zero-order valence-corrected chi connectivity index (χ0v) is 16.0. The molecule has 0 spiro atoms. The van der Waals surface area contributed by atoms with Crippen molar-refractivity contribution in [1.29, 1.82) is 0 Å². The van der Waals surface area contributed by atoms with E-state index < -0.39 is 0 Å². The Morgan fingerprint density at radius 3 is 1.88 bits per heavy atom. The van der Waals surface area contributed by atoms with Crippen molar-refractivity contribution in [3.8, 4) is 0 Å². The number of nitrogens with zero attached hydrogens (tertiary/aromatic N) is 2. The van der Waals surface area contributed by atoms with E-state index in [2.05, 4.69) is 11.8 Å². The number of imide groups is 1. The van der Waals surface area contributed by atoms with Gasteiger partial charge in [0.25, 0.3) is 0 Å². The van der Waals surface area contributed by atoms with Crippen molar-refractivity contribution >= 4 is 17.7 Å². The predicted octanol–water partition coefficient (Wildman–Crippen LogP) is 3.12. The van der Waals surface area contributed by atoms with Crippen LogP contribution in [0.25, 0.3) is 0 Å². The molecule has 144 valence electrons. The number of carbonyl (C=O) groups is 3. The third-order valence-corrected chi connectivity index (χ3v) is 7.09. The second-order valence-corrected chi connectivity index (χ2v) is 9.02. The van der Waals surface area contributed by atoms with Crippen LogP contribution in [0.2, 0.25) is 0 Å². The first-order valence-corrected chi connectivity index (χ1v) is 10.7. The normalized spacial score (nSPS) is 34.7. The molecule has 0 N–H and O–H groups in total. The van der Waals surface area contributed by atoms with Crippen LogP contribution < -0.4 is 0 Å². The zero-order valence-electron chi connectivity index (χ0n) is 16.0. The highest BCUT2D eigenvalue weighted by atomic mass is 16.2. The Morgan fingerprint density at radius 2 is 1.38 bits per heavy atom. The summed E-state index contributed by atoms with van der Waals surface area (Å²) in [6.07, 6.45) is 10.9. The van der Waals surface area contributed by atoms with Gasteiger partial charge in [0, 0.05) is 25.0 Å². The van der Waals surface area contributed by atoms with Gasteiger partial charge in [-0.2, -0.15) is 0 Å². The van der Waals surface area contributed by atoms with Gasteiger partial charge in [-0.1, -0.05) is 19.8 Å². The highest BCUT2D eigenvalue weighted by Gasteiger charge is 2.48. The van der Waals surface area contributed by atoms with Crippen LogP contribution in [0.5, 0.6) is 0 Å². The Morgan fingerprint density at radius 1 is 0.885 bits per heavy atom. The third kappa shape index (κ3) is 3.41. The lowest BCUT2D eigenvalue weighted by molar-refractivity contribution is -0.141. The van der Waals surface area contributed by atoms with Crippen LogP contribution in [0.15, 0.2) is 0 Å². The number of rotatable bonds is 5. The SMILES string of the molecule is CC1CCC(N(C(=O)CCN2C(=O)C3CCCCC3C2=O)C2CC2)CC1. The van der Waals surface area contributed by atoms with E-state index in [1.165, 1.54) is 17.7 Å². The number of carbonyl (C=O) groups excluding carboxylic acids is 3. The van der Waals surface area contributed by atoms with Gasteiger partial charge in [0.15, 0.2) is 0 Å². The molecule has 2 unspecified atom stereocenters. The molecule has 3 amide bonds. The van der Waals surface area contributed by atoms with Crippen LogP contribution in [0.1, 0.15) is 77.6 Å². The van der Waals surface area contributed by atoms with Crippen LogP contribution in [0.3, 0.4) is 0 Å². The molecule has 26 heavy (non-hydrogen) atoms. The summed E-state index contributed by atoms with van der Waals surface area (Å²) in [7, 11) is 0. The molecule has 5 heteroatoms. The molecule has 0 aromatic rings. The second kappa shape index (κ2) is 7.32. The van der Waals surface area contributed by atoms with E-state index >= 15 is 0 Å². The van der Waals surface area contributed by atoms with Crippen molar-refractivity contribution < 1.29 is 14.4 Å². The Labute approximate surface area is 156 Å². The van der Waals surface area contributed by atoms with Gasteiger partial charge in [0.2, 0.25) is 17.7 Å². The van der Waals surface area contributed by atoms with Crippen LogP contribution in [-0.2, 0) is 14.4 Å². The van der Waals surface area contributed by atoms with E-state index in [1.807, 2.05) is 0 Å². The van der Waals surface area contributed by atoms with Crippen molar-refractivity contribution in [2.24, 2.45) is 17.8 Å². The molecule has 3 saturated carbocycles. The first-order chi connectivity index (χ1) is 12.6. The van der Waals surface area contributed by atoms with Crippen molar-refractivity contribution in [2.45, 2.75) is 89.6 Å². The van der Waals surface area contributed by atoms with Crippen LogP contribution in [0, 0.1) is 17.8 Å². The van der Waals surface area contributed by atoms with Crippen molar-refractivity contribution in [1.82, 2.24) is 9.80 Å². The van der Waals surface area contributed by atoms with E-state index in [-0.39, 0.29) is 36.1 Å². The molecule has 2 atom stereocenters. The summed E-state index contributed by atoms with van der Waals surface area (Å²) in [6.45, 7) is 2.58. The van der Waals surface area contributed by atoms with E-state index in [9.17, 15) is 14.4 Å². The Balaban J connectivity index is 1.36. The minimum atomic E-state index is -0.106. The number of hydrogen-bond acceptors (Lipinski definition) is 3. The summed E-state index contributed by atoms with van der Waals surface area (Å²) in [5, 5.41) is 0. The maximum Gasteiger partial charge on any atom is 0.233 e. The summed E-state index contributed by atoms with van der Waals surface area (Å²) in [5.41, 5.74) is 0. The first-order valence-electron chi connectivity index (χ1n) is 10.7. The standard InChI is InChI=1S/C21H32N2O3/c1-14-6-8-15(9-7-14)23(16-10-11-16)19(24)12-13-22-20(25)17-4-2-3-5-18(17)21(22)26/h14-18H,2-13H2,1H3. The molecule has 0 radical (unpaired) electrons. The van der Waals surface area contributed by atoms with Gasteiger partial charge < -0.3 is 4.90 Å². The predicted molar refractivity (Wildman–Crippen MR) is 98.1 cm³/mol. The Kier molecular flexibility index (Phi) is 5.07. The fraction of sp³-hybridized carbons (Fsp3) is 0.857. The van der Waals surface area contributed by atoms with Gasteiger partial charge in [0.05, 0.1) is 11.8 Å². The van der Waals surface area contributed by atoms with Crippen LogP contribution >= 0.6 is 0 Å². The molecule has 5 nitrogen and oxygen atoms in total. The maximum atomic E-state index is 13.0. The lowest BCUT2D eigenvalue weighted by Gasteiger charge is -2.36. The Hall–Kier alpha value is -1.39. The summed E-state index contributed by atoms with van der Waals surface area (Å²) >= 11 is 0. The van der Waals surface area contributed by atoms with Gasteiger partial charge >= 0.3 is 0 Å². The van der Waals surface area contributed by atoms with Crippen LogP contribution in [0.4, 0.5) is 0 Å². The molecule has 1 saturated heterocycles. The lowest BCUT2D eigenvalue weighted by Crippen LogP contribution is -2.45. The fourth-order valence-corrected chi connectivity index (χ4v) is 5.37. The molecule has 4 aliphatic rings. The van der Waals surface area contributed by atoms with Gasteiger partial charge in [-0.15, -0.1) is 0 Å². The summed E-state index contributed by atoms with van der Waals surface area (Å²) in [6, 6.07) is 0.784. The number of likely N-dealkylation sites (tertiary alicyclic amines) is 1. The quantitative estimate of drug-likeness (QED) is 0.708. The largest absolute Gasteiger partial charge is 0.337 e. The topological polar surface area (TPSA) is 57.7 Å². The molecule has 1 heterocycles. The van der Waals surface area contributed by atoms with Crippen LogP contribution in [-0.4, -0.2) is 46.1 Å². The lowest BCUT2D eigenvalue weighted by atomic mass is 9.81. The summed E-state index contributed by atoms with van der Waals surface area (Å²) < 4.78 is 0. The summed E-state index contributed by atoms with van der Waals surface area (Å²) in [4.78, 5) is 41.7. The molecular weight excluding hydrogens is 328 g/mol. The third-order valence-electron chi connectivity index (χ3n) is 7.09. The molecular formula is C21H32N2O3. The van der Waals surface area contributed by atoms with Crippen molar-refractivity contribution in [2.75, 3.05) is 6.54 Å². The van der Waals surface area contributed by atoms with E-state index in [0.717, 1.165) is 57.3 Å². The minimum absolute atomic E-state index is 0.0167. The summed E-state index contributed by atoms with van der Waals surface area (Å²) in [5.74, 6) is 0.679. The highest BCUT2D eigenvalue weighted by Crippen LogP contribution is 2.39. The fourth-order valence-electron chi connectivity index (χ4n) is 5.37. The number of fused-ring (bicyclic) bond motifs is 1. The minimum Gasteiger partial charge on any atom is -0.337 e. The second-order valence-electron chi connectivity index (χ2n) is 9.02. The first kappa shape index (κ1) is 18.0. The molecule has 0 aromatic heterocycles. The maximum absolute atomic E-state index is 13.0. The van der Waals surface area contributed by atoms with E-state index in [4.69, 9.17) is 0 Å². The van der Waals surface area contributed by atoms with Crippen molar-refractivity contribution in [3.05, 3.63) is 0 Å². The van der Waals surface area contributed by atoms with Gasteiger partial charge in [-0.3, -0.25) is 19.3 Å². The van der Waals surface area contributed by atoms with Gasteiger partial charge in [0.1, 0.15) is 0 Å². The molecule has 0 bridgehead atoms. The monoisotopic (exact) mass is 360 g/mol. The Bertz CT molecular complexity index is 554. The smallest absolute Gasteiger partial charge is 0.233 e. The molecule has 4 fully saturated rings. The highest BCUT2D eigenvalue weighted by molar-refractivity contribution is 6.05. The van der Waals surface area contributed by atoms with Gasteiger partial charge in [-0.05, 0) is 57.3 Å². The van der Waals surface area contributed by atoms with Crippen molar-refractivity contribution in [3.63, 3.8) is 0 Å². The van der Waals surface area contributed by atoms with E-state index in [1.54, 1.807) is 0 Å². The molecule has 0 aromatic carbocycles. The molecule has 1 aliphatic heterocycles. The average molecular weight is 360 g/mol. The molecule has 4 rings (SSSR count). The van der Waals surface area contributed by atoms with Gasteiger partial charge in [-0.25, -0.2) is 0 Å². The zero-order chi connectivity index (χ0) is 18.3. The van der Waals surface area contributed by atoms with E-state index in [0.29, 0.717) is 18.5 Å². The number of amides is 3. The molecule has 3 aliphatic carbocycles.